The highest BCUT2D eigenvalue weighted by Crippen LogP contribution is 2.31. The second-order valence-corrected chi connectivity index (χ2v) is 8.66. The molecule has 0 spiro atoms. The first-order chi connectivity index (χ1) is 15.9. The minimum Gasteiger partial charge on any atom is -0.478 e. The van der Waals surface area contributed by atoms with Gasteiger partial charge in [-0.15, -0.1) is 0 Å². The maximum atomic E-state index is 12.4. The highest BCUT2D eigenvalue weighted by molar-refractivity contribution is 6.05. The molecule has 176 valence electrons. The monoisotopic (exact) mass is 453 g/mol. The molecule has 2 heterocycles. The number of carboxylic acid groups (broad SMARTS) is 1. The average Bonchev–Trinajstić information content (AvgIpc) is 3.65. The molecule has 0 atom stereocenters. The van der Waals surface area contributed by atoms with Gasteiger partial charge in [0.25, 0.3) is 0 Å². The maximum absolute atomic E-state index is 12.4. The Hall–Kier alpha value is -3.20. The number of nitrogens with one attached hydrogen (secondary N) is 1. The second-order valence-electron chi connectivity index (χ2n) is 8.66. The number of anilines is 2. The fourth-order valence-electron chi connectivity index (χ4n) is 4.22. The van der Waals surface area contributed by atoms with Crippen molar-refractivity contribution in [2.45, 2.75) is 26.7 Å². The zero-order valence-corrected chi connectivity index (χ0v) is 19.2. The molecule has 1 saturated heterocycles. The Balaban J connectivity index is 1.48. The van der Waals surface area contributed by atoms with Crippen molar-refractivity contribution in [1.82, 2.24) is 14.8 Å². The number of carbonyl (C=O) groups excluding carboxylic acids is 2. The van der Waals surface area contributed by atoms with Gasteiger partial charge in [0.05, 0.1) is 17.6 Å². The summed E-state index contributed by atoms with van der Waals surface area (Å²) < 4.78 is 0. The topological polar surface area (TPSA) is 106 Å². The van der Waals surface area contributed by atoms with Crippen molar-refractivity contribution in [3.8, 4) is 0 Å². The van der Waals surface area contributed by atoms with E-state index in [4.69, 9.17) is 4.98 Å². The van der Waals surface area contributed by atoms with Crippen LogP contribution in [0.5, 0.6) is 0 Å². The van der Waals surface area contributed by atoms with E-state index in [-0.39, 0.29) is 23.3 Å². The maximum Gasteiger partial charge on any atom is 0.336 e. The summed E-state index contributed by atoms with van der Waals surface area (Å²) in [6.45, 7) is 8.53. The van der Waals surface area contributed by atoms with Crippen molar-refractivity contribution in [1.29, 1.82) is 0 Å². The van der Waals surface area contributed by atoms with Crippen LogP contribution in [0, 0.1) is 5.92 Å². The number of likely N-dealkylation sites (N-methyl/N-ethyl adjacent to an activating group) is 1. The first-order valence-electron chi connectivity index (χ1n) is 11.6. The van der Waals surface area contributed by atoms with Crippen LogP contribution < -0.4 is 10.2 Å². The first-order valence-corrected chi connectivity index (χ1v) is 11.6. The number of aromatic carboxylic acids is 1. The van der Waals surface area contributed by atoms with Crippen molar-refractivity contribution in [2.75, 3.05) is 56.0 Å². The molecule has 2 aromatic rings. The molecule has 4 rings (SSSR count). The number of carboxylic acids is 1. The van der Waals surface area contributed by atoms with E-state index in [2.05, 4.69) is 15.1 Å². The van der Waals surface area contributed by atoms with E-state index in [1.807, 2.05) is 18.7 Å². The van der Waals surface area contributed by atoms with E-state index in [1.54, 1.807) is 24.3 Å². The summed E-state index contributed by atoms with van der Waals surface area (Å²) in [5, 5.41) is 13.2. The third-order valence-electron chi connectivity index (χ3n) is 6.41. The number of amides is 2. The lowest BCUT2D eigenvalue weighted by Crippen LogP contribution is -2.50. The molecule has 0 radical (unpaired) electrons. The summed E-state index contributed by atoms with van der Waals surface area (Å²) in [6.07, 6.45) is 1.81. The molecule has 9 heteroatoms. The van der Waals surface area contributed by atoms with Gasteiger partial charge in [0.1, 0.15) is 5.82 Å². The molecule has 2 N–H and O–H groups in total. The summed E-state index contributed by atoms with van der Waals surface area (Å²) in [6, 6.07) is 6.81. The Bertz CT molecular complexity index is 1060. The Labute approximate surface area is 193 Å². The number of benzene rings is 1. The van der Waals surface area contributed by atoms with Crippen LogP contribution in [0.25, 0.3) is 10.9 Å². The second kappa shape index (κ2) is 9.74. The first kappa shape index (κ1) is 23.0. The molecule has 2 amide bonds. The van der Waals surface area contributed by atoms with Crippen LogP contribution in [0.2, 0.25) is 0 Å². The average molecular weight is 454 g/mol. The van der Waals surface area contributed by atoms with Gasteiger partial charge < -0.3 is 20.2 Å². The summed E-state index contributed by atoms with van der Waals surface area (Å²) in [5.41, 5.74) is 1.33. The minimum atomic E-state index is -1.03. The van der Waals surface area contributed by atoms with Gasteiger partial charge in [0, 0.05) is 56.3 Å². The van der Waals surface area contributed by atoms with Crippen LogP contribution in [0.1, 0.15) is 37.0 Å². The molecule has 0 bridgehead atoms. The molecular formula is C24H31N5O4. The van der Waals surface area contributed by atoms with Gasteiger partial charge in [-0.05, 0) is 51.0 Å². The van der Waals surface area contributed by atoms with Crippen molar-refractivity contribution in [2.24, 2.45) is 5.92 Å². The quantitative estimate of drug-likeness (QED) is 0.632. The van der Waals surface area contributed by atoms with E-state index in [0.717, 1.165) is 12.8 Å². The third kappa shape index (κ3) is 5.24. The highest BCUT2D eigenvalue weighted by Gasteiger charge is 2.29. The van der Waals surface area contributed by atoms with Gasteiger partial charge >= 0.3 is 5.97 Å². The van der Waals surface area contributed by atoms with Crippen LogP contribution in [0.15, 0.2) is 24.3 Å². The number of aromatic nitrogens is 1. The van der Waals surface area contributed by atoms with Crippen molar-refractivity contribution >= 4 is 40.2 Å². The van der Waals surface area contributed by atoms with E-state index in [9.17, 15) is 19.5 Å². The van der Waals surface area contributed by atoms with Crippen molar-refractivity contribution < 1.29 is 19.5 Å². The Kier molecular flexibility index (Phi) is 6.78. The van der Waals surface area contributed by atoms with Gasteiger partial charge in [-0.3, -0.25) is 14.5 Å². The summed E-state index contributed by atoms with van der Waals surface area (Å²) in [4.78, 5) is 47.2. The Morgan fingerprint density at radius 3 is 2.39 bits per heavy atom. The van der Waals surface area contributed by atoms with Gasteiger partial charge in [-0.1, -0.05) is 0 Å². The molecular weight excluding hydrogens is 422 g/mol. The fourth-order valence-corrected chi connectivity index (χ4v) is 4.22. The number of hydrogen-bond donors (Lipinski definition) is 2. The highest BCUT2D eigenvalue weighted by atomic mass is 16.4. The molecule has 0 unspecified atom stereocenters. The number of pyridine rings is 1. The van der Waals surface area contributed by atoms with Crippen LogP contribution in [-0.2, 0) is 9.59 Å². The molecule has 1 aliphatic heterocycles. The van der Waals surface area contributed by atoms with Crippen LogP contribution >= 0.6 is 0 Å². The van der Waals surface area contributed by atoms with Crippen LogP contribution in [0.4, 0.5) is 11.5 Å². The van der Waals surface area contributed by atoms with Gasteiger partial charge in [-0.25, -0.2) is 9.78 Å². The third-order valence-corrected chi connectivity index (χ3v) is 6.41. The molecule has 33 heavy (non-hydrogen) atoms. The number of hydrogen-bond acceptors (Lipinski definition) is 6. The normalized spacial score (nSPS) is 16.6. The molecule has 1 aromatic heterocycles. The van der Waals surface area contributed by atoms with Gasteiger partial charge in [-0.2, -0.15) is 0 Å². The summed E-state index contributed by atoms with van der Waals surface area (Å²) in [7, 11) is 0. The number of nitrogens with zero attached hydrogens (tertiary/aromatic N) is 4. The van der Waals surface area contributed by atoms with E-state index in [0.29, 0.717) is 68.2 Å². The van der Waals surface area contributed by atoms with E-state index < -0.39 is 5.97 Å². The van der Waals surface area contributed by atoms with E-state index >= 15 is 0 Å². The minimum absolute atomic E-state index is 0.0202. The SMILES string of the molecule is CCN(CC)C(=O)CN1CCN(c2cc(C(=O)O)c3cc(NC(=O)C4CC4)ccc3n2)CC1. The molecule has 2 aliphatic rings. The molecule has 1 saturated carbocycles. The fraction of sp³-hybridized carbons (Fsp3) is 0.500. The van der Waals surface area contributed by atoms with Crippen molar-refractivity contribution in [3.05, 3.63) is 29.8 Å². The smallest absolute Gasteiger partial charge is 0.336 e. The Morgan fingerprint density at radius 2 is 1.79 bits per heavy atom. The molecule has 2 fully saturated rings. The summed E-state index contributed by atoms with van der Waals surface area (Å²) >= 11 is 0. The Morgan fingerprint density at radius 1 is 1.09 bits per heavy atom. The zero-order chi connectivity index (χ0) is 23.5. The lowest BCUT2D eigenvalue weighted by molar-refractivity contribution is -0.132. The van der Waals surface area contributed by atoms with Crippen LogP contribution in [0.3, 0.4) is 0 Å². The zero-order valence-electron chi connectivity index (χ0n) is 19.2. The molecule has 1 aliphatic carbocycles. The number of piperazine rings is 1. The molecule has 9 nitrogen and oxygen atoms in total. The van der Waals surface area contributed by atoms with Gasteiger partial charge in [0.15, 0.2) is 0 Å². The number of fused-ring (bicyclic) bond motifs is 1. The predicted molar refractivity (Wildman–Crippen MR) is 127 cm³/mol. The number of carbonyl (C=O) groups is 3. The molecule has 1 aromatic carbocycles. The standard InChI is InChI=1S/C24H31N5O4/c1-3-28(4-2)22(30)15-27-9-11-29(12-10-27)21-14-19(24(32)33)18-13-17(7-8-20(18)26-21)25-23(31)16-5-6-16/h7-8,13-14,16H,3-6,9-12,15H2,1-2H3,(H,25,31)(H,32,33). The lowest BCUT2D eigenvalue weighted by atomic mass is 10.1. The number of rotatable bonds is 8. The van der Waals surface area contributed by atoms with Crippen molar-refractivity contribution in [3.63, 3.8) is 0 Å². The van der Waals surface area contributed by atoms with Crippen LogP contribution in [-0.4, -0.2) is 83.5 Å². The predicted octanol–water partition coefficient (Wildman–Crippen LogP) is 2.27. The summed E-state index contributed by atoms with van der Waals surface area (Å²) in [5.74, 6) is -0.230. The largest absolute Gasteiger partial charge is 0.478 e. The van der Waals surface area contributed by atoms with Gasteiger partial charge in [0.2, 0.25) is 11.8 Å². The van der Waals surface area contributed by atoms with E-state index in [1.165, 1.54) is 0 Å². The lowest BCUT2D eigenvalue weighted by Gasteiger charge is -2.36.